The van der Waals surface area contributed by atoms with Crippen LogP contribution in [0.1, 0.15) is 53.9 Å². The number of carboxylic acid groups (broad SMARTS) is 1. The predicted molar refractivity (Wildman–Crippen MR) is 122 cm³/mol. The standard InChI is InChI=1S/C24H24N2O3S/c1-16(2)22-15-30-23(26-22)10-9-17-5-3-7-19(13-17)25-20-8-4-6-18(14-20)21(11-12-27)24(28)29/h3-10,12-16,21,25H,11H2,1-2H3,(H,28,29). The number of hydrogen-bond acceptors (Lipinski definition) is 5. The van der Waals surface area contributed by atoms with Crippen LogP contribution in [0, 0.1) is 0 Å². The van der Waals surface area contributed by atoms with Crippen LogP contribution < -0.4 is 5.32 Å². The number of carboxylic acids is 1. The van der Waals surface area contributed by atoms with E-state index in [1.165, 1.54) is 0 Å². The van der Waals surface area contributed by atoms with Crippen molar-refractivity contribution in [3.8, 4) is 0 Å². The first-order chi connectivity index (χ1) is 14.5. The molecule has 0 aliphatic rings. The number of carbonyl (C=O) groups is 2. The molecular formula is C24H24N2O3S. The molecule has 5 nitrogen and oxygen atoms in total. The van der Waals surface area contributed by atoms with Crippen LogP contribution in [0.2, 0.25) is 0 Å². The van der Waals surface area contributed by atoms with Crippen molar-refractivity contribution < 1.29 is 14.7 Å². The highest BCUT2D eigenvalue weighted by Crippen LogP contribution is 2.25. The summed E-state index contributed by atoms with van der Waals surface area (Å²) in [6.45, 7) is 4.26. The second-order valence-electron chi connectivity index (χ2n) is 7.27. The second-order valence-corrected chi connectivity index (χ2v) is 8.16. The molecule has 154 valence electrons. The van der Waals surface area contributed by atoms with Crippen molar-refractivity contribution in [2.24, 2.45) is 0 Å². The number of nitrogens with one attached hydrogen (secondary N) is 1. The summed E-state index contributed by atoms with van der Waals surface area (Å²) < 4.78 is 0. The molecule has 0 spiro atoms. The number of thiazole rings is 1. The van der Waals surface area contributed by atoms with E-state index in [0.29, 0.717) is 17.8 Å². The highest BCUT2D eigenvalue weighted by Gasteiger charge is 2.19. The number of carbonyl (C=O) groups excluding carboxylic acids is 1. The van der Waals surface area contributed by atoms with Gasteiger partial charge in [0.2, 0.25) is 0 Å². The molecule has 0 amide bonds. The van der Waals surface area contributed by atoms with Crippen LogP contribution >= 0.6 is 11.3 Å². The lowest BCUT2D eigenvalue weighted by atomic mass is 9.96. The zero-order chi connectivity index (χ0) is 21.5. The molecule has 0 saturated carbocycles. The zero-order valence-corrected chi connectivity index (χ0v) is 17.7. The van der Waals surface area contributed by atoms with E-state index in [2.05, 4.69) is 29.5 Å². The molecule has 3 aromatic rings. The lowest BCUT2D eigenvalue weighted by molar-refractivity contribution is -0.139. The minimum atomic E-state index is -1.01. The van der Waals surface area contributed by atoms with Crippen molar-refractivity contribution in [3.05, 3.63) is 75.7 Å². The Kier molecular flexibility index (Phi) is 7.14. The highest BCUT2D eigenvalue weighted by molar-refractivity contribution is 7.10. The van der Waals surface area contributed by atoms with Gasteiger partial charge in [-0.3, -0.25) is 4.79 Å². The molecule has 2 aromatic carbocycles. The molecule has 1 aromatic heterocycles. The van der Waals surface area contributed by atoms with Gasteiger partial charge >= 0.3 is 5.97 Å². The van der Waals surface area contributed by atoms with Crippen molar-refractivity contribution in [3.63, 3.8) is 0 Å². The number of aldehydes is 1. The number of hydrogen-bond donors (Lipinski definition) is 2. The van der Waals surface area contributed by atoms with Crippen molar-refractivity contribution in [1.29, 1.82) is 0 Å². The summed E-state index contributed by atoms with van der Waals surface area (Å²) in [4.78, 5) is 26.9. The molecule has 0 fully saturated rings. The summed E-state index contributed by atoms with van der Waals surface area (Å²) in [5, 5.41) is 15.7. The smallest absolute Gasteiger partial charge is 0.311 e. The van der Waals surface area contributed by atoms with Gasteiger partial charge in [-0.1, -0.05) is 44.2 Å². The van der Waals surface area contributed by atoms with E-state index in [1.54, 1.807) is 29.5 Å². The maximum absolute atomic E-state index is 11.4. The summed E-state index contributed by atoms with van der Waals surface area (Å²) in [6.07, 6.45) is 4.62. The molecule has 3 rings (SSSR count). The Hall–Kier alpha value is -3.25. The molecule has 0 aliphatic carbocycles. The van der Waals surface area contributed by atoms with Crippen LogP contribution in [0.5, 0.6) is 0 Å². The van der Waals surface area contributed by atoms with Crippen LogP contribution in [-0.2, 0) is 9.59 Å². The van der Waals surface area contributed by atoms with E-state index in [9.17, 15) is 14.7 Å². The molecule has 2 N–H and O–H groups in total. The van der Waals surface area contributed by atoms with E-state index in [0.717, 1.165) is 27.6 Å². The molecule has 1 unspecified atom stereocenters. The van der Waals surface area contributed by atoms with Crippen LogP contribution in [0.15, 0.2) is 53.9 Å². The van der Waals surface area contributed by atoms with Gasteiger partial charge in [0.15, 0.2) is 0 Å². The van der Waals surface area contributed by atoms with Crippen LogP contribution in [-0.4, -0.2) is 22.3 Å². The molecule has 0 bridgehead atoms. The Labute approximate surface area is 180 Å². The number of aliphatic carboxylic acids is 1. The Morgan fingerprint density at radius 2 is 1.87 bits per heavy atom. The topological polar surface area (TPSA) is 79.3 Å². The fourth-order valence-electron chi connectivity index (χ4n) is 3.01. The van der Waals surface area contributed by atoms with E-state index < -0.39 is 11.9 Å². The second kappa shape index (κ2) is 9.98. The van der Waals surface area contributed by atoms with Crippen LogP contribution in [0.25, 0.3) is 12.2 Å². The van der Waals surface area contributed by atoms with Gasteiger partial charge in [0.1, 0.15) is 11.3 Å². The molecule has 1 heterocycles. The minimum Gasteiger partial charge on any atom is -0.481 e. The summed E-state index contributed by atoms with van der Waals surface area (Å²) in [5.74, 6) is -1.43. The SMILES string of the molecule is CC(C)c1csc(C=Cc2cccc(Nc3cccc(C(CC=O)C(=O)O)c3)c2)n1. The van der Waals surface area contributed by atoms with Crippen molar-refractivity contribution in [1.82, 2.24) is 4.98 Å². The Morgan fingerprint density at radius 1 is 1.13 bits per heavy atom. The molecule has 1 atom stereocenters. The first-order valence-corrected chi connectivity index (χ1v) is 10.6. The third-order valence-electron chi connectivity index (χ3n) is 4.64. The van der Waals surface area contributed by atoms with Crippen molar-refractivity contribution in [2.75, 3.05) is 5.32 Å². The lowest BCUT2D eigenvalue weighted by Gasteiger charge is -2.13. The first-order valence-electron chi connectivity index (χ1n) is 9.73. The van der Waals surface area contributed by atoms with Gasteiger partial charge < -0.3 is 15.2 Å². The number of rotatable bonds is 9. The Balaban J connectivity index is 1.75. The molecule has 6 heteroatoms. The van der Waals surface area contributed by atoms with Gasteiger partial charge in [-0.15, -0.1) is 11.3 Å². The maximum atomic E-state index is 11.4. The third-order valence-corrected chi connectivity index (χ3v) is 5.47. The van der Waals surface area contributed by atoms with Crippen LogP contribution in [0.4, 0.5) is 11.4 Å². The quantitative estimate of drug-likeness (QED) is 0.419. The fourth-order valence-corrected chi connectivity index (χ4v) is 3.88. The fraction of sp³-hybridized carbons (Fsp3) is 0.208. The third kappa shape index (κ3) is 5.64. The Morgan fingerprint density at radius 3 is 2.53 bits per heavy atom. The van der Waals surface area contributed by atoms with Gasteiger partial charge in [-0.25, -0.2) is 4.98 Å². The number of anilines is 2. The number of aromatic nitrogens is 1. The van der Waals surface area contributed by atoms with Gasteiger partial charge in [0, 0.05) is 23.2 Å². The zero-order valence-electron chi connectivity index (χ0n) is 16.9. The predicted octanol–water partition coefficient (Wildman–Crippen LogP) is 5.94. The summed E-state index contributed by atoms with van der Waals surface area (Å²) >= 11 is 1.63. The lowest BCUT2D eigenvalue weighted by Crippen LogP contribution is -2.12. The molecule has 0 radical (unpaired) electrons. The average Bonchev–Trinajstić information content (AvgIpc) is 3.20. The van der Waals surface area contributed by atoms with Gasteiger partial charge in [0.05, 0.1) is 11.6 Å². The largest absolute Gasteiger partial charge is 0.481 e. The van der Waals surface area contributed by atoms with Gasteiger partial charge in [-0.05, 0) is 47.4 Å². The van der Waals surface area contributed by atoms with E-state index in [-0.39, 0.29) is 6.42 Å². The van der Waals surface area contributed by atoms with Crippen molar-refractivity contribution in [2.45, 2.75) is 32.1 Å². The normalized spacial score (nSPS) is 12.2. The number of nitrogens with zero attached hydrogens (tertiary/aromatic N) is 1. The monoisotopic (exact) mass is 420 g/mol. The molecule has 0 saturated heterocycles. The van der Waals surface area contributed by atoms with E-state index in [1.807, 2.05) is 42.5 Å². The minimum absolute atomic E-state index is 0.0473. The molecular weight excluding hydrogens is 396 g/mol. The first kappa shape index (κ1) is 21.5. The van der Waals surface area contributed by atoms with Gasteiger partial charge in [-0.2, -0.15) is 0 Å². The van der Waals surface area contributed by atoms with E-state index >= 15 is 0 Å². The van der Waals surface area contributed by atoms with Crippen molar-refractivity contribution >= 4 is 47.1 Å². The molecule has 0 aliphatic heterocycles. The summed E-state index contributed by atoms with van der Waals surface area (Å²) in [7, 11) is 0. The Bertz CT molecular complexity index is 1060. The summed E-state index contributed by atoms with van der Waals surface area (Å²) in [6, 6.07) is 15.1. The molecule has 30 heavy (non-hydrogen) atoms. The summed E-state index contributed by atoms with van der Waals surface area (Å²) in [5.41, 5.74) is 4.39. The van der Waals surface area contributed by atoms with Gasteiger partial charge in [0.25, 0.3) is 0 Å². The highest BCUT2D eigenvalue weighted by atomic mass is 32.1. The van der Waals surface area contributed by atoms with E-state index in [4.69, 9.17) is 0 Å². The average molecular weight is 421 g/mol. The van der Waals surface area contributed by atoms with Crippen LogP contribution in [0.3, 0.4) is 0 Å². The number of benzene rings is 2. The maximum Gasteiger partial charge on any atom is 0.311 e.